The number of hydrogen-bond acceptors (Lipinski definition) is 6. The van der Waals surface area contributed by atoms with Gasteiger partial charge in [-0.25, -0.2) is 19.3 Å². The number of nitrogens with zero attached hydrogens (tertiary/aromatic N) is 5. The van der Waals surface area contributed by atoms with E-state index in [0.29, 0.717) is 4.68 Å². The molecule has 0 saturated heterocycles. The van der Waals surface area contributed by atoms with Gasteiger partial charge in [-0.1, -0.05) is 18.6 Å². The van der Waals surface area contributed by atoms with E-state index in [1.54, 1.807) is 12.1 Å². The molecule has 6 rings (SSSR count). The summed E-state index contributed by atoms with van der Waals surface area (Å²) in [6.45, 7) is 0.244. The van der Waals surface area contributed by atoms with Crippen LogP contribution in [0, 0.1) is 0 Å². The summed E-state index contributed by atoms with van der Waals surface area (Å²) in [4.78, 5) is 26.4. The third-order valence-electron chi connectivity index (χ3n) is 6.85. The van der Waals surface area contributed by atoms with Crippen molar-refractivity contribution in [2.75, 3.05) is 11.9 Å². The molecule has 1 aromatic carbocycles. The first-order valence-electron chi connectivity index (χ1n) is 12.0. The van der Waals surface area contributed by atoms with Crippen molar-refractivity contribution in [3.8, 4) is 5.82 Å². The largest absolute Gasteiger partial charge is 0.408 e. The van der Waals surface area contributed by atoms with Gasteiger partial charge in [-0.05, 0) is 61.2 Å². The number of anilines is 2. The first kappa shape index (κ1) is 22.7. The van der Waals surface area contributed by atoms with Crippen molar-refractivity contribution in [3.05, 3.63) is 69.8 Å². The molecule has 0 atom stereocenters. The molecule has 186 valence electrons. The Hall–Kier alpha value is -3.73. The van der Waals surface area contributed by atoms with E-state index in [9.17, 15) is 18.0 Å². The van der Waals surface area contributed by atoms with Crippen LogP contribution in [0.15, 0.2) is 47.4 Å². The third-order valence-corrected chi connectivity index (χ3v) is 6.85. The molecule has 2 aliphatic rings. The number of alkyl halides is 3. The zero-order valence-electron chi connectivity index (χ0n) is 19.3. The van der Waals surface area contributed by atoms with E-state index in [-0.39, 0.29) is 28.7 Å². The Morgan fingerprint density at radius 2 is 1.97 bits per heavy atom. The summed E-state index contributed by atoms with van der Waals surface area (Å²) in [6.07, 6.45) is 0.649. The summed E-state index contributed by atoms with van der Waals surface area (Å²) in [6, 6.07) is 11.2. The standard InChI is InChI=1S/C25H24F3N7O/c26-25(27,28)14-34-23(36)19-13-30-24(31-18-8-7-17-12-29-10-9-16(17)11-18)33-22(19)35(34)21-6-2-5-20(32-21)15-3-1-4-15/h2,5-8,11,13,15,29H,1,3-4,9-10,12,14H2,(H,30,31,33). The lowest BCUT2D eigenvalue weighted by Gasteiger charge is -2.25. The van der Waals surface area contributed by atoms with Crippen molar-refractivity contribution in [1.82, 2.24) is 29.6 Å². The molecule has 36 heavy (non-hydrogen) atoms. The van der Waals surface area contributed by atoms with E-state index in [4.69, 9.17) is 0 Å². The number of benzene rings is 1. The minimum absolute atomic E-state index is 0.00263. The van der Waals surface area contributed by atoms with Gasteiger partial charge in [0.2, 0.25) is 5.95 Å². The summed E-state index contributed by atoms with van der Waals surface area (Å²) in [5.41, 5.74) is 3.27. The number of aromatic nitrogens is 5. The third kappa shape index (κ3) is 4.23. The molecule has 0 unspecified atom stereocenters. The highest BCUT2D eigenvalue weighted by Crippen LogP contribution is 2.35. The van der Waals surface area contributed by atoms with Crippen LogP contribution in [0.1, 0.15) is 42.0 Å². The Bertz CT molecular complexity index is 1500. The second-order valence-corrected chi connectivity index (χ2v) is 9.30. The van der Waals surface area contributed by atoms with Gasteiger partial charge in [0, 0.05) is 30.0 Å². The minimum atomic E-state index is -4.60. The Labute approximate surface area is 204 Å². The van der Waals surface area contributed by atoms with Crippen LogP contribution in [0.2, 0.25) is 0 Å². The smallest absolute Gasteiger partial charge is 0.324 e. The summed E-state index contributed by atoms with van der Waals surface area (Å²) in [5, 5.41) is 6.47. The molecule has 1 saturated carbocycles. The molecule has 0 amide bonds. The number of rotatable bonds is 5. The van der Waals surface area contributed by atoms with Crippen molar-refractivity contribution in [1.29, 1.82) is 0 Å². The molecule has 11 heteroatoms. The van der Waals surface area contributed by atoms with Crippen molar-refractivity contribution >= 4 is 22.7 Å². The van der Waals surface area contributed by atoms with E-state index < -0.39 is 18.3 Å². The molecule has 1 aliphatic carbocycles. The highest BCUT2D eigenvalue weighted by molar-refractivity contribution is 5.77. The van der Waals surface area contributed by atoms with Gasteiger partial charge >= 0.3 is 6.18 Å². The molecule has 0 spiro atoms. The Morgan fingerprint density at radius 3 is 2.75 bits per heavy atom. The van der Waals surface area contributed by atoms with Crippen LogP contribution in [0.25, 0.3) is 16.9 Å². The maximum absolute atomic E-state index is 13.5. The number of hydrogen-bond donors (Lipinski definition) is 2. The highest BCUT2D eigenvalue weighted by Gasteiger charge is 2.32. The zero-order chi connectivity index (χ0) is 24.9. The fraction of sp³-hybridized carbons (Fsp3) is 0.360. The van der Waals surface area contributed by atoms with E-state index in [1.165, 1.54) is 22.0 Å². The fourth-order valence-corrected chi connectivity index (χ4v) is 4.81. The van der Waals surface area contributed by atoms with Crippen LogP contribution < -0.4 is 16.2 Å². The van der Waals surface area contributed by atoms with Crippen molar-refractivity contribution < 1.29 is 13.2 Å². The summed E-state index contributed by atoms with van der Waals surface area (Å²) >= 11 is 0. The molecule has 1 fully saturated rings. The van der Waals surface area contributed by atoms with Crippen molar-refractivity contribution in [3.63, 3.8) is 0 Å². The van der Waals surface area contributed by atoms with Crippen LogP contribution in [0.3, 0.4) is 0 Å². The highest BCUT2D eigenvalue weighted by atomic mass is 19.4. The number of fused-ring (bicyclic) bond motifs is 2. The van der Waals surface area contributed by atoms with Crippen molar-refractivity contribution in [2.24, 2.45) is 0 Å². The summed E-state index contributed by atoms with van der Waals surface area (Å²) in [5.74, 6) is 0.687. The van der Waals surface area contributed by atoms with Gasteiger partial charge in [0.05, 0.1) is 0 Å². The first-order chi connectivity index (χ1) is 17.4. The van der Waals surface area contributed by atoms with Gasteiger partial charge in [0.15, 0.2) is 11.5 Å². The maximum Gasteiger partial charge on any atom is 0.408 e. The predicted molar refractivity (Wildman–Crippen MR) is 129 cm³/mol. The average Bonchev–Trinajstić information content (AvgIpc) is 3.07. The quantitative estimate of drug-likeness (QED) is 0.432. The molecule has 0 radical (unpaired) electrons. The Balaban J connectivity index is 1.45. The van der Waals surface area contributed by atoms with Gasteiger partial charge < -0.3 is 10.6 Å². The molecule has 2 N–H and O–H groups in total. The zero-order valence-corrected chi connectivity index (χ0v) is 19.3. The molecule has 8 nitrogen and oxygen atoms in total. The van der Waals surface area contributed by atoms with Crippen LogP contribution in [-0.4, -0.2) is 37.0 Å². The van der Waals surface area contributed by atoms with E-state index in [1.807, 2.05) is 24.3 Å². The number of nitrogens with one attached hydrogen (secondary N) is 2. The second kappa shape index (κ2) is 8.74. The van der Waals surface area contributed by atoms with Crippen LogP contribution in [0.4, 0.5) is 24.8 Å². The van der Waals surface area contributed by atoms with Gasteiger partial charge in [-0.3, -0.25) is 4.79 Å². The van der Waals surface area contributed by atoms with Crippen LogP contribution in [0.5, 0.6) is 0 Å². The van der Waals surface area contributed by atoms with Crippen LogP contribution >= 0.6 is 0 Å². The topological polar surface area (TPSA) is 89.7 Å². The van der Waals surface area contributed by atoms with E-state index in [2.05, 4.69) is 25.6 Å². The van der Waals surface area contributed by atoms with E-state index >= 15 is 0 Å². The van der Waals surface area contributed by atoms with Gasteiger partial charge in [0.25, 0.3) is 5.56 Å². The van der Waals surface area contributed by atoms with Crippen LogP contribution in [-0.2, 0) is 19.5 Å². The normalized spacial score (nSPS) is 16.1. The lowest BCUT2D eigenvalue weighted by Crippen LogP contribution is -2.30. The average molecular weight is 496 g/mol. The fourth-order valence-electron chi connectivity index (χ4n) is 4.81. The number of pyridine rings is 1. The number of halogens is 3. The second-order valence-electron chi connectivity index (χ2n) is 9.30. The summed E-state index contributed by atoms with van der Waals surface area (Å²) < 4.78 is 42.2. The van der Waals surface area contributed by atoms with Gasteiger partial charge in [0.1, 0.15) is 11.9 Å². The molecular formula is C25H24F3N7O. The molecule has 4 heterocycles. The lowest BCUT2D eigenvalue weighted by atomic mass is 9.83. The molecule has 1 aliphatic heterocycles. The van der Waals surface area contributed by atoms with Gasteiger partial charge in [-0.15, -0.1) is 0 Å². The molecular weight excluding hydrogens is 471 g/mol. The lowest BCUT2D eigenvalue weighted by molar-refractivity contribution is -0.144. The molecule has 3 aromatic heterocycles. The predicted octanol–water partition coefficient (Wildman–Crippen LogP) is 4.20. The minimum Gasteiger partial charge on any atom is -0.324 e. The maximum atomic E-state index is 13.5. The van der Waals surface area contributed by atoms with E-state index in [0.717, 1.165) is 50.2 Å². The van der Waals surface area contributed by atoms with Crippen molar-refractivity contribution in [2.45, 2.75) is 50.9 Å². The first-order valence-corrected chi connectivity index (χ1v) is 12.0. The SMILES string of the molecule is O=c1c2cnc(Nc3ccc4c(c3)CCNC4)nc2n(-c2cccc(C3CCC3)n2)n1CC(F)(F)F. The molecule has 4 aromatic rings. The summed E-state index contributed by atoms with van der Waals surface area (Å²) in [7, 11) is 0. The molecule has 0 bridgehead atoms. The Morgan fingerprint density at radius 1 is 1.11 bits per heavy atom. The van der Waals surface area contributed by atoms with Gasteiger partial charge in [-0.2, -0.15) is 18.2 Å². The monoisotopic (exact) mass is 495 g/mol. The Kier molecular flexibility index (Phi) is 5.51.